The first-order valence-corrected chi connectivity index (χ1v) is 7.13. The van der Waals surface area contributed by atoms with Crippen molar-refractivity contribution in [3.05, 3.63) is 71.7 Å². The number of hydrogen-bond acceptors (Lipinski definition) is 3. The molecule has 0 aliphatic carbocycles. The first kappa shape index (κ1) is 14.4. The molecule has 1 aromatic heterocycles. The van der Waals surface area contributed by atoms with Crippen LogP contribution in [0.5, 0.6) is 0 Å². The molecule has 1 heterocycles. The van der Waals surface area contributed by atoms with E-state index in [0.717, 1.165) is 22.5 Å². The summed E-state index contributed by atoms with van der Waals surface area (Å²) in [5.41, 5.74) is 3.87. The third-order valence-corrected chi connectivity index (χ3v) is 3.37. The van der Waals surface area contributed by atoms with Crippen molar-refractivity contribution >= 4 is 0 Å². The smallest absolute Gasteiger partial charge is 0.123 e. The van der Waals surface area contributed by atoms with Gasteiger partial charge in [0, 0.05) is 25.7 Å². The van der Waals surface area contributed by atoms with Crippen LogP contribution in [-0.4, -0.2) is 15.0 Å². The summed E-state index contributed by atoms with van der Waals surface area (Å²) in [5, 5.41) is 12.2. The molecule has 0 atom stereocenters. The second-order valence-corrected chi connectivity index (χ2v) is 5.08. The molecule has 0 saturated carbocycles. The van der Waals surface area contributed by atoms with Gasteiger partial charge in [0.25, 0.3) is 0 Å². The van der Waals surface area contributed by atoms with Crippen molar-refractivity contribution in [2.24, 2.45) is 7.05 Å². The Morgan fingerprint density at radius 3 is 2.41 bits per heavy atom. The lowest BCUT2D eigenvalue weighted by atomic mass is 10.1. The maximum atomic E-state index is 12.9. The van der Waals surface area contributed by atoms with Gasteiger partial charge in [0.15, 0.2) is 0 Å². The van der Waals surface area contributed by atoms with Crippen LogP contribution in [0.4, 0.5) is 4.39 Å². The zero-order chi connectivity index (χ0) is 15.4. The lowest BCUT2D eigenvalue weighted by Crippen LogP contribution is -2.13. The van der Waals surface area contributed by atoms with Crippen LogP contribution in [0.15, 0.2) is 54.6 Å². The summed E-state index contributed by atoms with van der Waals surface area (Å²) in [7, 11) is 1.82. The molecule has 0 unspecified atom stereocenters. The highest BCUT2D eigenvalue weighted by molar-refractivity contribution is 5.60. The van der Waals surface area contributed by atoms with E-state index in [1.807, 2.05) is 37.4 Å². The van der Waals surface area contributed by atoms with E-state index in [1.165, 1.54) is 12.1 Å². The fraction of sp³-hybridized carbons (Fsp3) is 0.176. The maximum Gasteiger partial charge on any atom is 0.123 e. The molecule has 0 saturated heterocycles. The number of aromatic nitrogens is 3. The number of halogens is 1. The predicted octanol–water partition coefficient (Wildman–Crippen LogP) is 2.91. The van der Waals surface area contributed by atoms with Crippen molar-refractivity contribution in [2.45, 2.75) is 13.1 Å². The number of rotatable bonds is 5. The van der Waals surface area contributed by atoms with E-state index >= 15 is 0 Å². The quantitative estimate of drug-likeness (QED) is 0.787. The van der Waals surface area contributed by atoms with Gasteiger partial charge in [-0.1, -0.05) is 42.5 Å². The van der Waals surface area contributed by atoms with Gasteiger partial charge in [-0.25, -0.2) is 4.39 Å². The Bertz CT molecular complexity index is 735. The molecule has 0 amide bonds. The second kappa shape index (κ2) is 6.49. The van der Waals surface area contributed by atoms with E-state index in [4.69, 9.17) is 0 Å². The van der Waals surface area contributed by atoms with E-state index in [9.17, 15) is 4.39 Å². The van der Waals surface area contributed by atoms with Crippen LogP contribution < -0.4 is 5.32 Å². The number of aryl methyl sites for hydroxylation is 1. The average Bonchev–Trinajstić information content (AvgIpc) is 2.91. The molecule has 2 aromatic carbocycles. The van der Waals surface area contributed by atoms with E-state index < -0.39 is 0 Å². The first-order valence-electron chi connectivity index (χ1n) is 7.13. The minimum atomic E-state index is -0.218. The van der Waals surface area contributed by atoms with Gasteiger partial charge in [-0.15, -0.1) is 0 Å². The number of benzene rings is 2. The van der Waals surface area contributed by atoms with Crippen LogP contribution in [-0.2, 0) is 20.1 Å². The van der Waals surface area contributed by atoms with E-state index in [-0.39, 0.29) is 5.82 Å². The van der Waals surface area contributed by atoms with Gasteiger partial charge in [0.2, 0.25) is 0 Å². The van der Waals surface area contributed by atoms with Crippen molar-refractivity contribution in [2.75, 3.05) is 0 Å². The molecule has 4 nitrogen and oxygen atoms in total. The monoisotopic (exact) mass is 296 g/mol. The molecular weight excluding hydrogens is 279 g/mol. The van der Waals surface area contributed by atoms with Gasteiger partial charge >= 0.3 is 0 Å². The highest BCUT2D eigenvalue weighted by atomic mass is 19.1. The van der Waals surface area contributed by atoms with Crippen LogP contribution in [0.25, 0.3) is 11.3 Å². The Labute approximate surface area is 128 Å². The van der Waals surface area contributed by atoms with Crippen molar-refractivity contribution in [3.63, 3.8) is 0 Å². The molecule has 0 fully saturated rings. The van der Waals surface area contributed by atoms with Crippen LogP contribution >= 0.6 is 0 Å². The topological polar surface area (TPSA) is 42.7 Å². The highest BCUT2D eigenvalue weighted by Crippen LogP contribution is 2.19. The van der Waals surface area contributed by atoms with E-state index in [0.29, 0.717) is 13.1 Å². The third kappa shape index (κ3) is 3.38. The fourth-order valence-corrected chi connectivity index (χ4v) is 2.31. The van der Waals surface area contributed by atoms with Crippen molar-refractivity contribution in [1.29, 1.82) is 0 Å². The number of hydrogen-bond donors (Lipinski definition) is 1. The summed E-state index contributed by atoms with van der Waals surface area (Å²) in [6.45, 7) is 1.26. The Balaban J connectivity index is 1.69. The molecule has 0 aliphatic rings. The summed E-state index contributed by atoms with van der Waals surface area (Å²) in [4.78, 5) is 1.58. The van der Waals surface area contributed by atoms with E-state index in [2.05, 4.69) is 15.5 Å². The molecule has 0 radical (unpaired) electrons. The molecule has 0 bridgehead atoms. The SMILES string of the molecule is Cn1nc(CNCc2ccc(F)cc2)c(-c2ccccc2)n1. The molecule has 112 valence electrons. The van der Waals surface area contributed by atoms with Gasteiger partial charge in [-0.2, -0.15) is 15.0 Å². The summed E-state index contributed by atoms with van der Waals surface area (Å²) >= 11 is 0. The summed E-state index contributed by atoms with van der Waals surface area (Å²) in [5.74, 6) is -0.218. The molecule has 3 aromatic rings. The minimum Gasteiger partial charge on any atom is -0.307 e. The predicted molar refractivity (Wildman–Crippen MR) is 83.4 cm³/mol. The zero-order valence-corrected chi connectivity index (χ0v) is 12.3. The fourth-order valence-electron chi connectivity index (χ4n) is 2.31. The van der Waals surface area contributed by atoms with Crippen LogP contribution in [0.2, 0.25) is 0 Å². The molecule has 1 N–H and O–H groups in total. The Morgan fingerprint density at radius 1 is 0.955 bits per heavy atom. The molecule has 5 heteroatoms. The standard InChI is InChI=1S/C17H17FN4/c1-22-20-16(17(21-22)14-5-3-2-4-6-14)12-19-11-13-7-9-15(18)10-8-13/h2-10,19H,11-12H2,1H3. The molecule has 0 aliphatic heterocycles. The Hall–Kier alpha value is -2.53. The summed E-state index contributed by atoms with van der Waals surface area (Å²) in [6.07, 6.45) is 0. The number of nitrogens with one attached hydrogen (secondary N) is 1. The van der Waals surface area contributed by atoms with Crippen LogP contribution in [0.3, 0.4) is 0 Å². The highest BCUT2D eigenvalue weighted by Gasteiger charge is 2.11. The van der Waals surface area contributed by atoms with Gasteiger partial charge < -0.3 is 5.32 Å². The van der Waals surface area contributed by atoms with Gasteiger partial charge in [-0.3, -0.25) is 0 Å². The van der Waals surface area contributed by atoms with Crippen LogP contribution in [0, 0.1) is 5.82 Å². The van der Waals surface area contributed by atoms with Crippen molar-refractivity contribution < 1.29 is 4.39 Å². The molecule has 0 spiro atoms. The lowest BCUT2D eigenvalue weighted by Gasteiger charge is -2.04. The van der Waals surface area contributed by atoms with Gasteiger partial charge in [0.1, 0.15) is 17.2 Å². The lowest BCUT2D eigenvalue weighted by molar-refractivity contribution is 0.617. The zero-order valence-electron chi connectivity index (χ0n) is 12.3. The summed E-state index contributed by atoms with van der Waals surface area (Å²) in [6, 6.07) is 16.5. The van der Waals surface area contributed by atoms with Gasteiger partial charge in [-0.05, 0) is 17.7 Å². The van der Waals surface area contributed by atoms with Crippen molar-refractivity contribution in [1.82, 2.24) is 20.3 Å². The van der Waals surface area contributed by atoms with E-state index in [1.54, 1.807) is 16.9 Å². The van der Waals surface area contributed by atoms with Gasteiger partial charge in [0.05, 0.1) is 0 Å². The normalized spacial score (nSPS) is 10.8. The third-order valence-electron chi connectivity index (χ3n) is 3.37. The maximum absolute atomic E-state index is 12.9. The minimum absolute atomic E-state index is 0.218. The van der Waals surface area contributed by atoms with Crippen LogP contribution in [0.1, 0.15) is 11.3 Å². The average molecular weight is 296 g/mol. The largest absolute Gasteiger partial charge is 0.307 e. The Morgan fingerprint density at radius 2 is 1.68 bits per heavy atom. The molecule has 3 rings (SSSR count). The molecular formula is C17H17FN4. The summed E-state index contributed by atoms with van der Waals surface area (Å²) < 4.78 is 12.9. The Kier molecular flexibility index (Phi) is 4.25. The van der Waals surface area contributed by atoms with Crippen molar-refractivity contribution in [3.8, 4) is 11.3 Å². The second-order valence-electron chi connectivity index (χ2n) is 5.08. The number of nitrogens with zero attached hydrogens (tertiary/aromatic N) is 3. The molecule has 22 heavy (non-hydrogen) atoms. The first-order chi connectivity index (χ1) is 10.7.